The maximum absolute atomic E-state index is 12.8. The van der Waals surface area contributed by atoms with Gasteiger partial charge in [-0.3, -0.25) is 19.5 Å². The number of likely N-dealkylation sites (tertiary alicyclic amines) is 1. The Balaban J connectivity index is 1.43. The Hall–Kier alpha value is -3.19. The summed E-state index contributed by atoms with van der Waals surface area (Å²) in [6.07, 6.45) is 2.37. The average molecular weight is 391 g/mol. The second-order valence-electron chi connectivity index (χ2n) is 7.58. The fourth-order valence-corrected chi connectivity index (χ4v) is 4.12. The molecule has 150 valence electrons. The van der Waals surface area contributed by atoms with Crippen molar-refractivity contribution in [3.8, 4) is 0 Å². The van der Waals surface area contributed by atoms with Gasteiger partial charge in [-0.2, -0.15) is 0 Å². The molecule has 0 aliphatic carbocycles. The number of H-pyrrole nitrogens is 1. The molecule has 2 aromatic heterocycles. The van der Waals surface area contributed by atoms with Gasteiger partial charge in [-0.15, -0.1) is 0 Å². The highest BCUT2D eigenvalue weighted by Crippen LogP contribution is 2.33. The smallest absolute Gasteiger partial charge is 0.237 e. The van der Waals surface area contributed by atoms with Gasteiger partial charge in [0, 0.05) is 18.4 Å². The second kappa shape index (κ2) is 8.05. The van der Waals surface area contributed by atoms with Crippen LogP contribution < -0.4 is 11.1 Å². The van der Waals surface area contributed by atoms with E-state index in [2.05, 4.69) is 27.4 Å². The summed E-state index contributed by atoms with van der Waals surface area (Å²) in [6.45, 7) is 2.82. The minimum absolute atomic E-state index is 0.128. The summed E-state index contributed by atoms with van der Waals surface area (Å²) in [4.78, 5) is 34.3. The molecule has 2 unspecified atom stereocenters. The van der Waals surface area contributed by atoms with Crippen LogP contribution in [0.5, 0.6) is 0 Å². The van der Waals surface area contributed by atoms with Gasteiger partial charge in [-0.1, -0.05) is 30.3 Å². The van der Waals surface area contributed by atoms with E-state index in [9.17, 15) is 9.59 Å². The third-order valence-corrected chi connectivity index (χ3v) is 5.71. The second-order valence-corrected chi connectivity index (χ2v) is 7.58. The molecule has 0 spiro atoms. The molecule has 1 aliphatic rings. The first-order valence-electron chi connectivity index (χ1n) is 9.83. The van der Waals surface area contributed by atoms with E-state index in [1.54, 1.807) is 6.20 Å². The van der Waals surface area contributed by atoms with Crippen molar-refractivity contribution in [1.29, 1.82) is 0 Å². The molecule has 3 aromatic rings. The van der Waals surface area contributed by atoms with Crippen LogP contribution in [0.1, 0.15) is 30.5 Å². The lowest BCUT2D eigenvalue weighted by Gasteiger charge is -2.28. The third-order valence-electron chi connectivity index (χ3n) is 5.71. The van der Waals surface area contributed by atoms with E-state index in [0.717, 1.165) is 16.7 Å². The standard InChI is InChI=1S/C22H25N5O2/c1-14(22(29)25-12-17-11-19-18(26-17)8-5-9-24-19)27-13-16(10-20(27)21(23)28)15-6-3-2-4-7-15/h2-9,11,14,16,20,26H,10,12-13H2,1H3,(H2,23,28)(H,25,29)/t14-,16?,20?/m0/s1. The van der Waals surface area contributed by atoms with Crippen LogP contribution in [0, 0.1) is 0 Å². The van der Waals surface area contributed by atoms with Gasteiger partial charge in [0.15, 0.2) is 0 Å². The van der Waals surface area contributed by atoms with Crippen LogP contribution in [0.25, 0.3) is 11.0 Å². The number of amides is 2. The van der Waals surface area contributed by atoms with Gasteiger partial charge in [-0.25, -0.2) is 0 Å². The number of hydrogen-bond acceptors (Lipinski definition) is 4. The first-order valence-corrected chi connectivity index (χ1v) is 9.83. The summed E-state index contributed by atoms with van der Waals surface area (Å²) in [5.41, 5.74) is 9.50. The van der Waals surface area contributed by atoms with E-state index >= 15 is 0 Å². The predicted molar refractivity (Wildman–Crippen MR) is 111 cm³/mol. The number of primary amides is 1. The summed E-state index contributed by atoms with van der Waals surface area (Å²) in [7, 11) is 0. The average Bonchev–Trinajstić information content (AvgIpc) is 3.36. The minimum Gasteiger partial charge on any atom is -0.368 e. The van der Waals surface area contributed by atoms with Crippen molar-refractivity contribution in [3.05, 3.63) is 66.0 Å². The number of aromatic amines is 1. The number of pyridine rings is 1. The Bertz CT molecular complexity index is 983. The van der Waals surface area contributed by atoms with Crippen molar-refractivity contribution in [2.75, 3.05) is 6.54 Å². The van der Waals surface area contributed by atoms with Crippen LogP contribution in [-0.4, -0.2) is 45.3 Å². The monoisotopic (exact) mass is 391 g/mol. The summed E-state index contributed by atoms with van der Waals surface area (Å²) < 4.78 is 0. The number of fused-ring (bicyclic) bond motifs is 1. The van der Waals surface area contributed by atoms with Crippen molar-refractivity contribution >= 4 is 22.8 Å². The van der Waals surface area contributed by atoms with Crippen LogP contribution >= 0.6 is 0 Å². The minimum atomic E-state index is -0.455. The van der Waals surface area contributed by atoms with Gasteiger partial charge in [0.1, 0.15) is 0 Å². The molecule has 1 aromatic carbocycles. The van der Waals surface area contributed by atoms with Crippen molar-refractivity contribution in [3.63, 3.8) is 0 Å². The molecule has 1 fully saturated rings. The highest BCUT2D eigenvalue weighted by atomic mass is 16.2. The predicted octanol–water partition coefficient (Wildman–Crippen LogP) is 1.91. The SMILES string of the molecule is C[C@@H](C(=O)NCc1cc2ncccc2[nH]1)N1CC(c2ccccc2)CC1C(N)=O. The molecular formula is C22H25N5O2. The van der Waals surface area contributed by atoms with Gasteiger partial charge in [-0.05, 0) is 43.0 Å². The van der Waals surface area contributed by atoms with E-state index in [0.29, 0.717) is 19.5 Å². The normalized spacial score (nSPS) is 20.6. The molecule has 3 heterocycles. The lowest BCUT2D eigenvalue weighted by molar-refractivity contribution is -0.129. The lowest BCUT2D eigenvalue weighted by atomic mass is 9.96. The first-order chi connectivity index (χ1) is 14.0. The van der Waals surface area contributed by atoms with Gasteiger partial charge in [0.2, 0.25) is 11.8 Å². The first kappa shape index (κ1) is 19.1. The number of carbonyl (C=O) groups excluding carboxylic acids is 2. The Morgan fingerprint density at radius 1 is 1.28 bits per heavy atom. The zero-order chi connectivity index (χ0) is 20.4. The Labute approximate surface area is 169 Å². The molecule has 1 saturated heterocycles. The molecule has 0 saturated carbocycles. The number of carbonyl (C=O) groups is 2. The van der Waals surface area contributed by atoms with Gasteiger partial charge >= 0.3 is 0 Å². The van der Waals surface area contributed by atoms with Crippen LogP contribution in [0.2, 0.25) is 0 Å². The lowest BCUT2D eigenvalue weighted by Crippen LogP contribution is -2.51. The number of benzene rings is 1. The maximum Gasteiger partial charge on any atom is 0.237 e. The molecule has 4 rings (SSSR count). The van der Waals surface area contributed by atoms with E-state index in [-0.39, 0.29) is 17.7 Å². The third kappa shape index (κ3) is 4.00. The maximum atomic E-state index is 12.8. The molecule has 7 nitrogen and oxygen atoms in total. The Kier molecular flexibility index (Phi) is 5.31. The molecule has 29 heavy (non-hydrogen) atoms. The number of aromatic nitrogens is 2. The fourth-order valence-electron chi connectivity index (χ4n) is 4.12. The fraction of sp³-hybridized carbons (Fsp3) is 0.318. The molecule has 7 heteroatoms. The molecule has 0 radical (unpaired) electrons. The largest absolute Gasteiger partial charge is 0.368 e. The van der Waals surface area contributed by atoms with Crippen molar-refractivity contribution in [2.24, 2.45) is 5.73 Å². The Morgan fingerprint density at radius 2 is 2.07 bits per heavy atom. The number of nitrogens with one attached hydrogen (secondary N) is 2. The van der Waals surface area contributed by atoms with E-state index in [1.807, 2.05) is 48.2 Å². The quantitative estimate of drug-likeness (QED) is 0.597. The number of hydrogen-bond donors (Lipinski definition) is 3. The number of nitrogens with zero attached hydrogens (tertiary/aromatic N) is 2. The highest BCUT2D eigenvalue weighted by molar-refractivity contribution is 5.85. The zero-order valence-electron chi connectivity index (χ0n) is 16.3. The van der Waals surface area contributed by atoms with Crippen LogP contribution in [-0.2, 0) is 16.1 Å². The summed E-state index contributed by atoms with van der Waals surface area (Å²) >= 11 is 0. The molecule has 2 amide bonds. The van der Waals surface area contributed by atoms with Gasteiger partial charge in [0.05, 0.1) is 29.7 Å². The molecule has 3 atom stereocenters. The van der Waals surface area contributed by atoms with Crippen molar-refractivity contribution in [1.82, 2.24) is 20.2 Å². The van der Waals surface area contributed by atoms with Crippen LogP contribution in [0.4, 0.5) is 0 Å². The highest BCUT2D eigenvalue weighted by Gasteiger charge is 2.40. The molecule has 1 aliphatic heterocycles. The summed E-state index contributed by atoms with van der Waals surface area (Å²) in [5, 5.41) is 2.96. The molecule has 4 N–H and O–H groups in total. The van der Waals surface area contributed by atoms with Crippen molar-refractivity contribution in [2.45, 2.75) is 37.9 Å². The van der Waals surface area contributed by atoms with Gasteiger partial charge in [0.25, 0.3) is 0 Å². The van der Waals surface area contributed by atoms with Crippen molar-refractivity contribution < 1.29 is 9.59 Å². The topological polar surface area (TPSA) is 104 Å². The molecule has 0 bridgehead atoms. The van der Waals surface area contributed by atoms with Crippen LogP contribution in [0.15, 0.2) is 54.7 Å². The summed E-state index contributed by atoms with van der Waals surface area (Å²) in [5.74, 6) is -0.329. The van der Waals surface area contributed by atoms with Gasteiger partial charge < -0.3 is 16.0 Å². The zero-order valence-corrected chi connectivity index (χ0v) is 16.3. The number of nitrogens with two attached hydrogens (primary N) is 1. The summed E-state index contributed by atoms with van der Waals surface area (Å²) in [6, 6.07) is 14.9. The van der Waals surface area contributed by atoms with Crippen LogP contribution in [0.3, 0.4) is 0 Å². The Morgan fingerprint density at radius 3 is 2.79 bits per heavy atom. The number of rotatable bonds is 6. The molecular weight excluding hydrogens is 366 g/mol. The van der Waals surface area contributed by atoms with E-state index in [1.165, 1.54) is 5.56 Å². The van der Waals surface area contributed by atoms with E-state index < -0.39 is 12.1 Å². The van der Waals surface area contributed by atoms with E-state index in [4.69, 9.17) is 5.73 Å².